The minimum absolute atomic E-state index is 0.00643. The fraction of sp³-hybridized carbons (Fsp3) is 0.222. The van der Waals surface area contributed by atoms with Crippen LogP contribution in [-0.4, -0.2) is 19.9 Å². The highest BCUT2D eigenvalue weighted by atomic mass is 16.1. The Morgan fingerprint density at radius 1 is 1.10 bits per heavy atom. The SMILES string of the molecule is CN(C)c1ccc(C(=O)C(CC#N)c2ccccc2)cc1. The summed E-state index contributed by atoms with van der Waals surface area (Å²) < 4.78 is 0. The lowest BCUT2D eigenvalue weighted by molar-refractivity contribution is 0.0960. The third kappa shape index (κ3) is 3.49. The molecule has 0 saturated heterocycles. The topological polar surface area (TPSA) is 44.1 Å². The van der Waals surface area contributed by atoms with E-state index in [0.717, 1.165) is 11.3 Å². The molecule has 0 amide bonds. The maximum Gasteiger partial charge on any atom is 0.171 e. The zero-order valence-electron chi connectivity index (χ0n) is 12.3. The van der Waals surface area contributed by atoms with E-state index in [1.54, 1.807) is 0 Å². The molecular weight excluding hydrogens is 260 g/mol. The Hall–Kier alpha value is -2.60. The molecule has 0 aliphatic rings. The number of ketones is 1. The molecule has 2 aromatic rings. The second-order valence-corrected chi connectivity index (χ2v) is 5.13. The Bertz CT molecular complexity index is 639. The number of hydrogen-bond acceptors (Lipinski definition) is 3. The van der Waals surface area contributed by atoms with Crippen molar-refractivity contribution in [2.24, 2.45) is 0 Å². The van der Waals surface area contributed by atoms with Crippen molar-refractivity contribution >= 4 is 11.5 Å². The molecule has 0 aliphatic carbocycles. The van der Waals surface area contributed by atoms with Crippen LogP contribution in [0.5, 0.6) is 0 Å². The van der Waals surface area contributed by atoms with Gasteiger partial charge in [0.2, 0.25) is 0 Å². The molecule has 0 fully saturated rings. The zero-order chi connectivity index (χ0) is 15.2. The molecule has 0 N–H and O–H groups in total. The number of hydrogen-bond donors (Lipinski definition) is 0. The van der Waals surface area contributed by atoms with Gasteiger partial charge in [0.05, 0.1) is 12.0 Å². The smallest absolute Gasteiger partial charge is 0.171 e. The second-order valence-electron chi connectivity index (χ2n) is 5.13. The molecule has 0 heterocycles. The third-order valence-corrected chi connectivity index (χ3v) is 3.48. The van der Waals surface area contributed by atoms with Gasteiger partial charge in [-0.2, -0.15) is 5.26 Å². The maximum atomic E-state index is 12.7. The molecule has 0 aliphatic heterocycles. The summed E-state index contributed by atoms with van der Waals surface area (Å²) in [5.41, 5.74) is 2.58. The van der Waals surface area contributed by atoms with Crippen LogP contribution in [0.25, 0.3) is 0 Å². The van der Waals surface area contributed by atoms with Gasteiger partial charge in [-0.1, -0.05) is 30.3 Å². The van der Waals surface area contributed by atoms with Crippen LogP contribution in [0, 0.1) is 11.3 Å². The lowest BCUT2D eigenvalue weighted by Gasteiger charge is -2.15. The first-order chi connectivity index (χ1) is 10.1. The van der Waals surface area contributed by atoms with E-state index in [9.17, 15) is 4.79 Å². The van der Waals surface area contributed by atoms with Crippen molar-refractivity contribution < 1.29 is 4.79 Å². The summed E-state index contributed by atoms with van der Waals surface area (Å²) in [6.07, 6.45) is 0.193. The Kier molecular flexibility index (Phi) is 4.73. The molecular formula is C18H18N2O. The summed E-state index contributed by atoms with van der Waals surface area (Å²) in [5.74, 6) is -0.408. The van der Waals surface area contributed by atoms with Crippen LogP contribution in [0.2, 0.25) is 0 Å². The van der Waals surface area contributed by atoms with Crippen LogP contribution in [0.15, 0.2) is 54.6 Å². The largest absolute Gasteiger partial charge is 0.378 e. The second kappa shape index (κ2) is 6.71. The van der Waals surface area contributed by atoms with Crippen molar-refractivity contribution in [3.05, 3.63) is 65.7 Å². The van der Waals surface area contributed by atoms with Crippen molar-refractivity contribution in [1.29, 1.82) is 5.26 Å². The number of nitrogens with zero attached hydrogens (tertiary/aromatic N) is 2. The van der Waals surface area contributed by atoms with Crippen molar-refractivity contribution in [1.82, 2.24) is 0 Å². The van der Waals surface area contributed by atoms with Gasteiger partial charge >= 0.3 is 0 Å². The number of anilines is 1. The fourth-order valence-electron chi connectivity index (χ4n) is 2.26. The Morgan fingerprint density at radius 2 is 1.71 bits per heavy atom. The summed E-state index contributed by atoms with van der Waals surface area (Å²) >= 11 is 0. The number of Topliss-reactive ketones (excluding diaryl/α,β-unsaturated/α-hetero) is 1. The van der Waals surface area contributed by atoms with Crippen LogP contribution < -0.4 is 4.90 Å². The highest BCUT2D eigenvalue weighted by Gasteiger charge is 2.21. The average molecular weight is 278 g/mol. The molecule has 0 spiro atoms. The molecule has 0 aromatic heterocycles. The molecule has 0 bridgehead atoms. The molecule has 1 atom stereocenters. The van der Waals surface area contributed by atoms with Gasteiger partial charge in [-0.05, 0) is 29.8 Å². The quantitative estimate of drug-likeness (QED) is 0.784. The van der Waals surface area contributed by atoms with Crippen LogP contribution >= 0.6 is 0 Å². The number of rotatable bonds is 5. The molecule has 0 saturated carbocycles. The highest BCUT2D eigenvalue weighted by molar-refractivity contribution is 6.01. The van der Waals surface area contributed by atoms with Crippen molar-refractivity contribution in [2.45, 2.75) is 12.3 Å². The maximum absolute atomic E-state index is 12.7. The molecule has 1 unspecified atom stereocenters. The fourth-order valence-corrected chi connectivity index (χ4v) is 2.26. The summed E-state index contributed by atoms with van der Waals surface area (Å²) in [6.45, 7) is 0. The van der Waals surface area contributed by atoms with E-state index >= 15 is 0 Å². The van der Waals surface area contributed by atoms with Crippen molar-refractivity contribution in [3.63, 3.8) is 0 Å². The first-order valence-electron chi connectivity index (χ1n) is 6.87. The molecule has 3 heteroatoms. The first-order valence-corrected chi connectivity index (χ1v) is 6.87. The predicted molar refractivity (Wildman–Crippen MR) is 84.5 cm³/mol. The van der Waals surface area contributed by atoms with Gasteiger partial charge in [0.15, 0.2) is 5.78 Å². The monoisotopic (exact) mass is 278 g/mol. The highest BCUT2D eigenvalue weighted by Crippen LogP contribution is 2.25. The van der Waals surface area contributed by atoms with Gasteiger partial charge in [-0.25, -0.2) is 0 Å². The lowest BCUT2D eigenvalue weighted by Crippen LogP contribution is -2.13. The summed E-state index contributed by atoms with van der Waals surface area (Å²) in [5, 5.41) is 9.00. The molecule has 0 radical (unpaired) electrons. The molecule has 3 nitrogen and oxygen atoms in total. The van der Waals surface area contributed by atoms with Crippen molar-refractivity contribution in [3.8, 4) is 6.07 Å². The van der Waals surface area contributed by atoms with Gasteiger partial charge in [-0.15, -0.1) is 0 Å². The van der Waals surface area contributed by atoms with Gasteiger partial charge in [0.25, 0.3) is 0 Å². The Morgan fingerprint density at radius 3 is 2.24 bits per heavy atom. The van der Waals surface area contributed by atoms with E-state index in [1.807, 2.05) is 73.6 Å². The van der Waals surface area contributed by atoms with Crippen LogP contribution in [0.3, 0.4) is 0 Å². The van der Waals surface area contributed by atoms with E-state index in [0.29, 0.717) is 5.56 Å². The summed E-state index contributed by atoms with van der Waals surface area (Å²) in [6, 6.07) is 19.1. The van der Waals surface area contributed by atoms with Gasteiger partial charge in [0, 0.05) is 31.8 Å². The van der Waals surface area contributed by atoms with E-state index in [1.165, 1.54) is 0 Å². The summed E-state index contributed by atoms with van der Waals surface area (Å²) in [4.78, 5) is 14.6. The minimum Gasteiger partial charge on any atom is -0.378 e. The van der Waals surface area contributed by atoms with Crippen LogP contribution in [0.4, 0.5) is 5.69 Å². The Labute approximate surface area is 125 Å². The van der Waals surface area contributed by atoms with E-state index < -0.39 is 5.92 Å². The molecule has 21 heavy (non-hydrogen) atoms. The van der Waals surface area contributed by atoms with Crippen LogP contribution in [-0.2, 0) is 0 Å². The van der Waals surface area contributed by atoms with E-state index in [2.05, 4.69) is 6.07 Å². The minimum atomic E-state index is -0.401. The van der Waals surface area contributed by atoms with Gasteiger partial charge in [-0.3, -0.25) is 4.79 Å². The van der Waals surface area contributed by atoms with E-state index in [-0.39, 0.29) is 12.2 Å². The lowest BCUT2D eigenvalue weighted by atomic mass is 9.88. The normalized spacial score (nSPS) is 11.5. The molecule has 2 aromatic carbocycles. The van der Waals surface area contributed by atoms with Gasteiger partial charge in [0.1, 0.15) is 0 Å². The average Bonchev–Trinajstić information content (AvgIpc) is 2.53. The number of benzene rings is 2. The first kappa shape index (κ1) is 14.8. The predicted octanol–water partition coefficient (Wildman–Crippen LogP) is 3.63. The number of carbonyl (C=O) groups excluding carboxylic acids is 1. The number of nitriles is 1. The summed E-state index contributed by atoms with van der Waals surface area (Å²) in [7, 11) is 3.92. The zero-order valence-corrected chi connectivity index (χ0v) is 12.3. The molecule has 106 valence electrons. The Balaban J connectivity index is 2.29. The number of carbonyl (C=O) groups is 1. The molecule has 2 rings (SSSR count). The third-order valence-electron chi connectivity index (χ3n) is 3.48. The van der Waals surface area contributed by atoms with E-state index in [4.69, 9.17) is 5.26 Å². The standard InChI is InChI=1S/C18H18N2O/c1-20(2)16-10-8-15(9-11-16)18(21)17(12-13-19)14-6-4-3-5-7-14/h3-11,17H,12H2,1-2H3. The van der Waals surface area contributed by atoms with Crippen molar-refractivity contribution in [2.75, 3.05) is 19.0 Å². The van der Waals surface area contributed by atoms with Gasteiger partial charge < -0.3 is 4.90 Å². The van der Waals surface area contributed by atoms with Crippen LogP contribution in [0.1, 0.15) is 28.3 Å².